The average molecular weight is 302 g/mol. The fraction of sp³-hybridized carbons (Fsp3) is 0.312. The zero-order valence-corrected chi connectivity index (χ0v) is 12.5. The molecule has 1 amide bonds. The van der Waals surface area contributed by atoms with E-state index in [0.717, 1.165) is 13.0 Å². The Labute approximate surface area is 129 Å². The molecule has 2 N–H and O–H groups in total. The molecule has 0 radical (unpaired) electrons. The van der Waals surface area contributed by atoms with E-state index in [1.54, 1.807) is 24.3 Å². The van der Waals surface area contributed by atoms with Crippen LogP contribution in [0.1, 0.15) is 29.4 Å². The van der Waals surface area contributed by atoms with Crippen molar-refractivity contribution in [3.05, 3.63) is 53.6 Å². The molecule has 1 aromatic carbocycles. The Morgan fingerprint density at radius 2 is 2.05 bits per heavy atom. The molecular weight excluding hydrogens is 283 g/mol. The first kappa shape index (κ1) is 15.9. The fourth-order valence-corrected chi connectivity index (χ4v) is 1.91. The van der Waals surface area contributed by atoms with Gasteiger partial charge in [0.15, 0.2) is 0 Å². The minimum absolute atomic E-state index is 0.259. The highest BCUT2D eigenvalue weighted by Gasteiger charge is 2.08. The molecule has 1 aromatic heterocycles. The lowest BCUT2D eigenvalue weighted by Crippen LogP contribution is -2.27. The second-order valence-electron chi connectivity index (χ2n) is 4.79. The Bertz CT molecular complexity index is 633. The van der Waals surface area contributed by atoms with Gasteiger partial charge < -0.3 is 10.6 Å². The summed E-state index contributed by atoms with van der Waals surface area (Å²) in [4.78, 5) is 20.2. The van der Waals surface area contributed by atoms with Crippen molar-refractivity contribution >= 4 is 11.9 Å². The molecule has 0 spiro atoms. The second-order valence-corrected chi connectivity index (χ2v) is 4.79. The molecule has 2 rings (SSSR count). The van der Waals surface area contributed by atoms with Crippen LogP contribution in [0.3, 0.4) is 0 Å². The lowest BCUT2D eigenvalue weighted by Gasteiger charge is -2.07. The Morgan fingerprint density at radius 3 is 2.82 bits per heavy atom. The molecule has 2 aromatic rings. The van der Waals surface area contributed by atoms with Gasteiger partial charge in [0.05, 0.1) is 0 Å². The minimum Gasteiger partial charge on any atom is -0.354 e. The van der Waals surface area contributed by atoms with Crippen molar-refractivity contribution in [3.63, 3.8) is 0 Å². The number of amides is 1. The van der Waals surface area contributed by atoms with Crippen LogP contribution >= 0.6 is 0 Å². The first-order valence-corrected chi connectivity index (χ1v) is 7.29. The van der Waals surface area contributed by atoms with E-state index in [2.05, 4.69) is 20.6 Å². The van der Waals surface area contributed by atoms with Crippen LogP contribution in [0.25, 0.3) is 0 Å². The molecule has 1 heterocycles. The Morgan fingerprint density at radius 1 is 1.23 bits per heavy atom. The molecule has 0 aliphatic heterocycles. The minimum atomic E-state index is -0.293. The predicted octanol–water partition coefficient (Wildman–Crippen LogP) is 2.41. The predicted molar refractivity (Wildman–Crippen MR) is 83.2 cm³/mol. The highest BCUT2D eigenvalue weighted by molar-refractivity contribution is 5.92. The maximum absolute atomic E-state index is 13.5. The topological polar surface area (TPSA) is 66.9 Å². The van der Waals surface area contributed by atoms with Crippen molar-refractivity contribution in [1.82, 2.24) is 15.3 Å². The van der Waals surface area contributed by atoms with Gasteiger partial charge in [-0.3, -0.25) is 4.79 Å². The van der Waals surface area contributed by atoms with Crippen molar-refractivity contribution in [1.29, 1.82) is 0 Å². The van der Waals surface area contributed by atoms with Gasteiger partial charge in [0, 0.05) is 19.3 Å². The normalized spacial score (nSPS) is 10.3. The van der Waals surface area contributed by atoms with Crippen molar-refractivity contribution in [2.24, 2.45) is 0 Å². The first-order valence-electron chi connectivity index (χ1n) is 7.29. The van der Waals surface area contributed by atoms with Crippen molar-refractivity contribution < 1.29 is 9.18 Å². The van der Waals surface area contributed by atoms with E-state index in [9.17, 15) is 9.18 Å². The quantitative estimate of drug-likeness (QED) is 0.824. The van der Waals surface area contributed by atoms with E-state index in [1.807, 2.05) is 6.92 Å². The average Bonchev–Trinajstić information content (AvgIpc) is 2.55. The SMILES string of the molecule is CCCNc1nccc(C(=O)NCCc2ccccc2F)n1. The van der Waals surface area contributed by atoms with Gasteiger partial charge in [-0.15, -0.1) is 0 Å². The van der Waals surface area contributed by atoms with Gasteiger partial charge >= 0.3 is 0 Å². The van der Waals surface area contributed by atoms with Crippen LogP contribution in [-0.2, 0) is 6.42 Å². The van der Waals surface area contributed by atoms with Crippen molar-refractivity contribution in [3.8, 4) is 0 Å². The lowest BCUT2D eigenvalue weighted by atomic mass is 10.1. The molecule has 0 fully saturated rings. The summed E-state index contributed by atoms with van der Waals surface area (Å²) in [6.07, 6.45) is 2.92. The number of anilines is 1. The molecule has 0 aliphatic carbocycles. The van der Waals surface area contributed by atoms with E-state index in [0.29, 0.717) is 30.2 Å². The molecule has 0 atom stereocenters. The third kappa shape index (κ3) is 4.51. The molecule has 0 saturated heterocycles. The van der Waals surface area contributed by atoms with Gasteiger partial charge in [-0.05, 0) is 30.5 Å². The third-order valence-electron chi connectivity index (χ3n) is 3.06. The van der Waals surface area contributed by atoms with Crippen LogP contribution in [0.4, 0.5) is 10.3 Å². The highest BCUT2D eigenvalue weighted by Crippen LogP contribution is 2.06. The first-order chi connectivity index (χ1) is 10.7. The number of nitrogens with zero attached hydrogens (tertiary/aromatic N) is 2. The van der Waals surface area contributed by atoms with Gasteiger partial charge in [-0.25, -0.2) is 14.4 Å². The highest BCUT2D eigenvalue weighted by atomic mass is 19.1. The Hall–Kier alpha value is -2.50. The summed E-state index contributed by atoms with van der Waals surface area (Å²) in [5, 5.41) is 5.76. The number of benzene rings is 1. The van der Waals surface area contributed by atoms with Crippen molar-refractivity contribution in [2.75, 3.05) is 18.4 Å². The number of rotatable bonds is 7. The summed E-state index contributed by atoms with van der Waals surface area (Å²) in [5.41, 5.74) is 0.873. The monoisotopic (exact) mass is 302 g/mol. The van der Waals surface area contributed by atoms with E-state index in [4.69, 9.17) is 0 Å². The van der Waals surface area contributed by atoms with Gasteiger partial charge in [-0.2, -0.15) is 0 Å². The summed E-state index contributed by atoms with van der Waals surface area (Å²) in [6.45, 7) is 3.13. The molecule has 0 bridgehead atoms. The van der Waals surface area contributed by atoms with Crippen LogP contribution in [0.2, 0.25) is 0 Å². The van der Waals surface area contributed by atoms with E-state index in [1.165, 1.54) is 12.3 Å². The standard InChI is InChI=1S/C16H19FN4O/c1-2-9-19-16-20-11-8-14(21-16)15(22)18-10-7-12-5-3-4-6-13(12)17/h3-6,8,11H,2,7,9-10H2,1H3,(H,18,22)(H,19,20,21). The number of halogens is 1. The summed E-state index contributed by atoms with van der Waals surface area (Å²) in [7, 11) is 0. The van der Waals surface area contributed by atoms with Gasteiger partial charge in [0.1, 0.15) is 11.5 Å². The van der Waals surface area contributed by atoms with Gasteiger partial charge in [0.2, 0.25) is 5.95 Å². The largest absolute Gasteiger partial charge is 0.354 e. The van der Waals surface area contributed by atoms with E-state index in [-0.39, 0.29) is 11.7 Å². The van der Waals surface area contributed by atoms with Gasteiger partial charge in [-0.1, -0.05) is 25.1 Å². The fourth-order valence-electron chi connectivity index (χ4n) is 1.91. The number of nitrogens with one attached hydrogen (secondary N) is 2. The van der Waals surface area contributed by atoms with Crippen LogP contribution in [0.15, 0.2) is 36.5 Å². The second kappa shape index (κ2) is 8.07. The Balaban J connectivity index is 1.88. The molecular formula is C16H19FN4O. The van der Waals surface area contributed by atoms with Crippen LogP contribution in [0, 0.1) is 5.82 Å². The molecule has 0 unspecified atom stereocenters. The summed E-state index contributed by atoms with van der Waals surface area (Å²) >= 11 is 0. The summed E-state index contributed by atoms with van der Waals surface area (Å²) < 4.78 is 13.5. The van der Waals surface area contributed by atoms with E-state index < -0.39 is 0 Å². The zero-order valence-electron chi connectivity index (χ0n) is 12.5. The smallest absolute Gasteiger partial charge is 0.270 e. The van der Waals surface area contributed by atoms with Crippen LogP contribution in [-0.4, -0.2) is 29.0 Å². The zero-order chi connectivity index (χ0) is 15.8. The molecule has 5 nitrogen and oxygen atoms in total. The third-order valence-corrected chi connectivity index (χ3v) is 3.06. The molecule has 0 saturated carbocycles. The number of aromatic nitrogens is 2. The van der Waals surface area contributed by atoms with Crippen LogP contribution < -0.4 is 10.6 Å². The summed E-state index contributed by atoms with van der Waals surface area (Å²) in [6, 6.07) is 8.08. The maximum Gasteiger partial charge on any atom is 0.270 e. The number of carbonyl (C=O) groups is 1. The molecule has 116 valence electrons. The maximum atomic E-state index is 13.5. The summed E-state index contributed by atoms with van der Waals surface area (Å²) in [5.74, 6) is -0.119. The van der Waals surface area contributed by atoms with Gasteiger partial charge in [0.25, 0.3) is 5.91 Å². The molecule has 22 heavy (non-hydrogen) atoms. The van der Waals surface area contributed by atoms with Crippen molar-refractivity contribution in [2.45, 2.75) is 19.8 Å². The number of carbonyl (C=O) groups excluding carboxylic acids is 1. The lowest BCUT2D eigenvalue weighted by molar-refractivity contribution is 0.0949. The Kier molecular flexibility index (Phi) is 5.82. The molecule has 6 heteroatoms. The van der Waals surface area contributed by atoms with Crippen LogP contribution in [0.5, 0.6) is 0 Å². The van der Waals surface area contributed by atoms with E-state index >= 15 is 0 Å². The molecule has 0 aliphatic rings. The number of hydrogen-bond donors (Lipinski definition) is 2. The number of hydrogen-bond acceptors (Lipinski definition) is 4.